The van der Waals surface area contributed by atoms with Crippen LogP contribution in [0.1, 0.15) is 25.1 Å². The number of carbonyl (C=O) groups is 1. The van der Waals surface area contributed by atoms with Crippen molar-refractivity contribution in [3.05, 3.63) is 41.9 Å². The number of amides is 2. The van der Waals surface area contributed by atoms with E-state index in [1.165, 1.54) is 24.3 Å². The molecule has 0 spiro atoms. The van der Waals surface area contributed by atoms with Crippen molar-refractivity contribution in [3.8, 4) is 0 Å². The van der Waals surface area contributed by atoms with Crippen molar-refractivity contribution in [2.24, 2.45) is 0 Å². The van der Waals surface area contributed by atoms with Crippen molar-refractivity contribution in [2.75, 3.05) is 18.4 Å². The second-order valence-electron chi connectivity index (χ2n) is 5.77. The summed E-state index contributed by atoms with van der Waals surface area (Å²) in [7, 11) is 0. The van der Waals surface area contributed by atoms with Crippen molar-refractivity contribution in [1.29, 1.82) is 0 Å². The third-order valence-electron chi connectivity index (χ3n) is 3.88. The summed E-state index contributed by atoms with van der Waals surface area (Å²) in [5.41, 5.74) is 0.557. The van der Waals surface area contributed by atoms with Crippen LogP contribution in [-0.4, -0.2) is 40.3 Å². The van der Waals surface area contributed by atoms with Gasteiger partial charge in [0, 0.05) is 31.2 Å². The molecule has 7 nitrogen and oxygen atoms in total. The number of carbonyl (C=O) groups excluding carboxylic acids is 1. The van der Waals surface area contributed by atoms with Gasteiger partial charge < -0.3 is 15.1 Å². The van der Waals surface area contributed by atoms with E-state index in [1.807, 2.05) is 6.92 Å². The highest BCUT2D eigenvalue weighted by molar-refractivity contribution is 5.89. The van der Waals surface area contributed by atoms with Gasteiger partial charge in [-0.3, -0.25) is 4.90 Å². The highest BCUT2D eigenvalue weighted by atomic mass is 19.1. The van der Waals surface area contributed by atoms with Crippen LogP contribution in [0, 0.1) is 5.82 Å². The number of urea groups is 1. The van der Waals surface area contributed by atoms with Gasteiger partial charge in [0.1, 0.15) is 5.82 Å². The van der Waals surface area contributed by atoms with Crippen LogP contribution >= 0.6 is 0 Å². The predicted octanol–water partition coefficient (Wildman–Crippen LogP) is 2.17. The maximum absolute atomic E-state index is 12.8. The average Bonchev–Trinajstić information content (AvgIpc) is 3.19. The minimum Gasteiger partial charge on any atom is -0.424 e. The number of benzene rings is 1. The topological polar surface area (TPSA) is 83.3 Å². The van der Waals surface area contributed by atoms with Crippen molar-refractivity contribution in [3.63, 3.8) is 0 Å². The molecule has 1 fully saturated rings. The van der Waals surface area contributed by atoms with Gasteiger partial charge in [-0.2, -0.15) is 0 Å². The van der Waals surface area contributed by atoms with Crippen molar-refractivity contribution < 1.29 is 13.6 Å². The molecule has 2 aromatic rings. The molecular formula is C16H20FN5O2. The Hall–Kier alpha value is -2.48. The fraction of sp³-hybridized carbons (Fsp3) is 0.438. The van der Waals surface area contributed by atoms with E-state index in [4.69, 9.17) is 4.42 Å². The SMILES string of the molecule is CCc1nnc(CN2CC[C@@H](NC(=O)Nc3ccc(F)cc3)C2)o1. The molecule has 1 atom stereocenters. The Balaban J connectivity index is 1.45. The van der Waals surface area contributed by atoms with E-state index in [-0.39, 0.29) is 17.9 Å². The predicted molar refractivity (Wildman–Crippen MR) is 85.9 cm³/mol. The molecular weight excluding hydrogens is 313 g/mol. The fourth-order valence-electron chi connectivity index (χ4n) is 2.67. The number of hydrogen-bond donors (Lipinski definition) is 2. The number of aryl methyl sites for hydroxylation is 1. The molecule has 0 aliphatic carbocycles. The van der Waals surface area contributed by atoms with Crippen LogP contribution < -0.4 is 10.6 Å². The lowest BCUT2D eigenvalue weighted by atomic mass is 10.3. The molecule has 3 rings (SSSR count). The molecule has 2 N–H and O–H groups in total. The van der Waals surface area contributed by atoms with E-state index >= 15 is 0 Å². The van der Waals surface area contributed by atoms with Crippen molar-refractivity contribution in [2.45, 2.75) is 32.4 Å². The smallest absolute Gasteiger partial charge is 0.319 e. The lowest BCUT2D eigenvalue weighted by Gasteiger charge is -2.15. The van der Waals surface area contributed by atoms with Gasteiger partial charge in [0.05, 0.1) is 6.54 Å². The van der Waals surface area contributed by atoms with Crippen LogP contribution in [0.4, 0.5) is 14.9 Å². The molecule has 1 aliphatic rings. The summed E-state index contributed by atoms with van der Waals surface area (Å²) in [6.45, 7) is 4.13. The average molecular weight is 333 g/mol. The lowest BCUT2D eigenvalue weighted by molar-refractivity contribution is 0.246. The maximum Gasteiger partial charge on any atom is 0.319 e. The van der Waals surface area contributed by atoms with Gasteiger partial charge in [-0.25, -0.2) is 9.18 Å². The molecule has 1 aromatic carbocycles. The number of likely N-dealkylation sites (tertiary alicyclic amines) is 1. The molecule has 8 heteroatoms. The van der Waals surface area contributed by atoms with Crippen LogP contribution in [0.15, 0.2) is 28.7 Å². The summed E-state index contributed by atoms with van der Waals surface area (Å²) in [6.07, 6.45) is 1.58. The summed E-state index contributed by atoms with van der Waals surface area (Å²) in [5.74, 6) is 0.903. The van der Waals surface area contributed by atoms with E-state index in [9.17, 15) is 9.18 Å². The van der Waals surface area contributed by atoms with E-state index in [0.29, 0.717) is 24.0 Å². The Morgan fingerprint density at radius 3 is 2.79 bits per heavy atom. The Kier molecular flexibility index (Phi) is 5.05. The van der Waals surface area contributed by atoms with Gasteiger partial charge in [-0.1, -0.05) is 6.92 Å². The molecule has 24 heavy (non-hydrogen) atoms. The number of hydrogen-bond acceptors (Lipinski definition) is 5. The number of nitrogens with zero attached hydrogens (tertiary/aromatic N) is 3. The molecule has 0 radical (unpaired) electrons. The summed E-state index contributed by atoms with van der Waals surface area (Å²) >= 11 is 0. The second-order valence-corrected chi connectivity index (χ2v) is 5.77. The Labute approximate surface area is 139 Å². The van der Waals surface area contributed by atoms with E-state index < -0.39 is 0 Å². The number of nitrogens with one attached hydrogen (secondary N) is 2. The molecule has 0 unspecified atom stereocenters. The quantitative estimate of drug-likeness (QED) is 0.876. The van der Waals surface area contributed by atoms with Crippen LogP contribution in [0.25, 0.3) is 0 Å². The van der Waals surface area contributed by atoms with Crippen molar-refractivity contribution >= 4 is 11.7 Å². The fourth-order valence-corrected chi connectivity index (χ4v) is 2.67. The van der Waals surface area contributed by atoms with E-state index in [0.717, 1.165) is 25.9 Å². The molecule has 1 saturated heterocycles. The van der Waals surface area contributed by atoms with Crippen LogP contribution in [0.3, 0.4) is 0 Å². The van der Waals surface area contributed by atoms with E-state index in [1.54, 1.807) is 0 Å². The van der Waals surface area contributed by atoms with Crippen LogP contribution in [-0.2, 0) is 13.0 Å². The monoisotopic (exact) mass is 333 g/mol. The van der Waals surface area contributed by atoms with Crippen molar-refractivity contribution in [1.82, 2.24) is 20.4 Å². The van der Waals surface area contributed by atoms with Gasteiger partial charge in [-0.15, -0.1) is 10.2 Å². The molecule has 0 bridgehead atoms. The first-order chi connectivity index (χ1) is 11.6. The standard InChI is InChI=1S/C16H20FN5O2/c1-2-14-20-21-15(24-14)10-22-8-7-13(9-22)19-16(23)18-12-5-3-11(17)4-6-12/h3-6,13H,2,7-10H2,1H3,(H2,18,19,23)/t13-/m1/s1. The minimum atomic E-state index is -0.334. The molecule has 2 heterocycles. The molecule has 0 saturated carbocycles. The number of anilines is 1. The Morgan fingerprint density at radius 1 is 1.33 bits per heavy atom. The van der Waals surface area contributed by atoms with E-state index in [2.05, 4.69) is 25.7 Å². The molecule has 2 amide bonds. The number of rotatable bonds is 5. The largest absolute Gasteiger partial charge is 0.424 e. The van der Waals surface area contributed by atoms with Gasteiger partial charge >= 0.3 is 6.03 Å². The van der Waals surface area contributed by atoms with Crippen LogP contribution in [0.2, 0.25) is 0 Å². The molecule has 128 valence electrons. The molecule has 1 aromatic heterocycles. The Bertz CT molecular complexity index is 688. The van der Waals surface area contributed by atoms with Crippen LogP contribution in [0.5, 0.6) is 0 Å². The highest BCUT2D eigenvalue weighted by Crippen LogP contribution is 2.14. The molecule has 1 aliphatic heterocycles. The third kappa shape index (κ3) is 4.29. The first kappa shape index (κ1) is 16.4. The first-order valence-corrected chi connectivity index (χ1v) is 7.99. The maximum atomic E-state index is 12.8. The summed E-state index contributed by atoms with van der Waals surface area (Å²) in [4.78, 5) is 14.1. The second kappa shape index (κ2) is 7.39. The summed E-state index contributed by atoms with van der Waals surface area (Å²) < 4.78 is 18.4. The number of halogens is 1. The Morgan fingerprint density at radius 2 is 2.08 bits per heavy atom. The number of aromatic nitrogens is 2. The van der Waals surface area contributed by atoms with Gasteiger partial charge in [0.2, 0.25) is 11.8 Å². The van der Waals surface area contributed by atoms with Gasteiger partial charge in [-0.05, 0) is 30.7 Å². The normalized spacial score (nSPS) is 17.8. The van der Waals surface area contributed by atoms with Gasteiger partial charge in [0.15, 0.2) is 0 Å². The highest BCUT2D eigenvalue weighted by Gasteiger charge is 2.25. The van der Waals surface area contributed by atoms with Gasteiger partial charge in [0.25, 0.3) is 0 Å². The third-order valence-corrected chi connectivity index (χ3v) is 3.88. The summed E-state index contributed by atoms with van der Waals surface area (Å²) in [5, 5.41) is 13.6. The zero-order chi connectivity index (χ0) is 16.9. The zero-order valence-corrected chi connectivity index (χ0v) is 13.5. The lowest BCUT2D eigenvalue weighted by Crippen LogP contribution is -2.39. The first-order valence-electron chi connectivity index (χ1n) is 7.99. The minimum absolute atomic E-state index is 0.0546. The zero-order valence-electron chi connectivity index (χ0n) is 13.5. The summed E-state index contributed by atoms with van der Waals surface area (Å²) in [6, 6.07) is 5.43.